The first-order valence-corrected chi connectivity index (χ1v) is 12.2. The summed E-state index contributed by atoms with van der Waals surface area (Å²) in [5.74, 6) is -1.13. The molecule has 0 saturated heterocycles. The minimum Gasteiger partial charge on any atom is -0.468 e. The molecule has 0 saturated carbocycles. The van der Waals surface area contributed by atoms with Crippen molar-refractivity contribution in [2.45, 2.75) is 51.4 Å². The topological polar surface area (TPSA) is 84.5 Å². The number of ether oxygens (including phenoxy) is 1. The summed E-state index contributed by atoms with van der Waals surface area (Å²) in [6.45, 7) is 11.4. The molecule has 0 unspecified atom stereocenters. The van der Waals surface area contributed by atoms with Gasteiger partial charge in [-0.05, 0) is 22.7 Å². The molecule has 0 atom stereocenters. The molecule has 0 aromatic heterocycles. The number of hydrogen-bond donors (Lipinski definition) is 2. The number of hydrogen-bond acceptors (Lipinski definition) is 4. The third-order valence-electron chi connectivity index (χ3n) is 5.00. The van der Waals surface area contributed by atoms with Crippen LogP contribution < -0.4 is 10.6 Å². The van der Waals surface area contributed by atoms with E-state index in [-0.39, 0.29) is 36.2 Å². The van der Waals surface area contributed by atoms with E-state index >= 15 is 0 Å². The summed E-state index contributed by atoms with van der Waals surface area (Å²) in [7, 11) is -0.136. The van der Waals surface area contributed by atoms with Crippen molar-refractivity contribution in [3.05, 3.63) is 29.8 Å². The molecule has 0 heterocycles. The number of anilines is 1. The molecule has 6 nitrogen and oxygen atoms in total. The second-order valence-electron chi connectivity index (χ2n) is 7.85. The average Bonchev–Trinajstić information content (AvgIpc) is 2.57. The SMILES string of the molecule is COC(=O)CNC(=O)CCC(=O)Nc1ccc(C(C)(C)[Si](C)(C)C)cc1. The van der Waals surface area contributed by atoms with Crippen LogP contribution in [-0.4, -0.2) is 39.5 Å². The first-order valence-electron chi connectivity index (χ1n) is 8.71. The fourth-order valence-electron chi connectivity index (χ4n) is 2.19. The lowest BCUT2D eigenvalue weighted by Crippen LogP contribution is -2.44. The van der Waals surface area contributed by atoms with E-state index in [9.17, 15) is 14.4 Å². The third-order valence-corrected chi connectivity index (χ3v) is 9.04. The summed E-state index contributed by atoms with van der Waals surface area (Å²) in [6, 6.07) is 7.90. The van der Waals surface area contributed by atoms with Crippen molar-refractivity contribution in [2.24, 2.45) is 0 Å². The van der Waals surface area contributed by atoms with Crippen LogP contribution in [0.15, 0.2) is 24.3 Å². The Balaban J connectivity index is 2.53. The number of amides is 2. The lowest BCUT2D eigenvalue weighted by atomic mass is 10.0. The summed E-state index contributed by atoms with van der Waals surface area (Å²) in [6.07, 6.45) is 0.0682. The van der Waals surface area contributed by atoms with Gasteiger partial charge in [0.2, 0.25) is 11.8 Å². The standard InChI is InChI=1S/C19H30N2O4Si/c1-19(2,26(4,5)6)14-7-9-15(10-8-14)21-17(23)12-11-16(22)20-13-18(24)25-3/h7-10H,11-13H2,1-6H3,(H,20,22)(H,21,23). The number of carbonyl (C=O) groups is 3. The maximum absolute atomic E-state index is 12.0. The van der Waals surface area contributed by atoms with E-state index in [1.807, 2.05) is 12.1 Å². The molecule has 144 valence electrons. The summed E-state index contributed by atoms with van der Waals surface area (Å²) in [5, 5.41) is 5.32. The van der Waals surface area contributed by atoms with Gasteiger partial charge in [0, 0.05) is 18.5 Å². The molecule has 7 heteroatoms. The Kier molecular flexibility index (Phi) is 7.56. The van der Waals surface area contributed by atoms with Crippen molar-refractivity contribution in [1.82, 2.24) is 5.32 Å². The zero-order valence-electron chi connectivity index (χ0n) is 16.6. The van der Waals surface area contributed by atoms with Gasteiger partial charge in [-0.3, -0.25) is 14.4 Å². The van der Waals surface area contributed by atoms with Gasteiger partial charge in [0.05, 0.1) is 15.2 Å². The Morgan fingerprint density at radius 1 is 1.00 bits per heavy atom. The van der Waals surface area contributed by atoms with E-state index in [2.05, 4.69) is 61.0 Å². The molecule has 0 spiro atoms. The van der Waals surface area contributed by atoms with Crippen LogP contribution in [0.2, 0.25) is 19.6 Å². The molecule has 26 heavy (non-hydrogen) atoms. The van der Waals surface area contributed by atoms with Gasteiger partial charge in [0.25, 0.3) is 0 Å². The van der Waals surface area contributed by atoms with Crippen LogP contribution in [0.1, 0.15) is 32.3 Å². The minimum absolute atomic E-state index is 0.0174. The molecule has 0 radical (unpaired) electrons. The van der Waals surface area contributed by atoms with Gasteiger partial charge in [0.1, 0.15) is 6.54 Å². The lowest BCUT2D eigenvalue weighted by molar-refractivity contribution is -0.141. The van der Waals surface area contributed by atoms with E-state index in [0.717, 1.165) is 0 Å². The second kappa shape index (κ2) is 8.98. The normalized spacial score (nSPS) is 11.6. The van der Waals surface area contributed by atoms with Crippen molar-refractivity contribution in [1.29, 1.82) is 0 Å². The van der Waals surface area contributed by atoms with Crippen molar-refractivity contribution in [3.63, 3.8) is 0 Å². The van der Waals surface area contributed by atoms with Crippen LogP contribution in [0.5, 0.6) is 0 Å². The first-order chi connectivity index (χ1) is 12.0. The highest BCUT2D eigenvalue weighted by molar-refractivity contribution is 6.78. The monoisotopic (exact) mass is 378 g/mol. The smallest absolute Gasteiger partial charge is 0.325 e. The highest BCUT2D eigenvalue weighted by atomic mass is 28.3. The van der Waals surface area contributed by atoms with E-state index < -0.39 is 14.0 Å². The number of rotatable bonds is 8. The molecule has 0 aliphatic heterocycles. The van der Waals surface area contributed by atoms with Crippen molar-refractivity contribution in [2.75, 3.05) is 19.0 Å². The van der Waals surface area contributed by atoms with E-state index in [1.54, 1.807) is 0 Å². The maximum Gasteiger partial charge on any atom is 0.325 e. The molecule has 2 amide bonds. The predicted octanol–water partition coefficient (Wildman–Crippen LogP) is 2.85. The number of benzene rings is 1. The molecular formula is C19H30N2O4Si. The average molecular weight is 379 g/mol. The largest absolute Gasteiger partial charge is 0.468 e. The van der Waals surface area contributed by atoms with Crippen LogP contribution in [0.25, 0.3) is 0 Å². The van der Waals surface area contributed by atoms with Crippen LogP contribution in [0, 0.1) is 0 Å². The number of nitrogens with one attached hydrogen (secondary N) is 2. The molecule has 1 aromatic rings. The third kappa shape index (κ3) is 6.29. The van der Waals surface area contributed by atoms with Crippen molar-refractivity contribution < 1.29 is 19.1 Å². The molecule has 0 fully saturated rings. The molecule has 0 aliphatic rings. The molecule has 1 aromatic carbocycles. The maximum atomic E-state index is 12.0. The van der Waals surface area contributed by atoms with Crippen molar-refractivity contribution >= 4 is 31.5 Å². The first kappa shape index (κ1) is 21.9. The molecule has 0 aliphatic carbocycles. The lowest BCUT2D eigenvalue weighted by Gasteiger charge is -2.37. The second-order valence-corrected chi connectivity index (χ2v) is 13.6. The number of methoxy groups -OCH3 is 1. The van der Waals surface area contributed by atoms with E-state index in [4.69, 9.17) is 0 Å². The van der Waals surface area contributed by atoms with Gasteiger partial charge in [-0.25, -0.2) is 0 Å². The molecule has 0 bridgehead atoms. The number of esters is 1. The number of carbonyl (C=O) groups excluding carboxylic acids is 3. The Bertz CT molecular complexity index is 648. The highest BCUT2D eigenvalue weighted by Crippen LogP contribution is 2.33. The zero-order valence-corrected chi connectivity index (χ0v) is 17.6. The fraction of sp³-hybridized carbons (Fsp3) is 0.526. The highest BCUT2D eigenvalue weighted by Gasteiger charge is 2.35. The van der Waals surface area contributed by atoms with Crippen LogP contribution >= 0.6 is 0 Å². The minimum atomic E-state index is -1.38. The van der Waals surface area contributed by atoms with E-state index in [0.29, 0.717) is 5.69 Å². The Morgan fingerprint density at radius 2 is 1.54 bits per heavy atom. The summed E-state index contributed by atoms with van der Waals surface area (Å²) in [5.41, 5.74) is 1.97. The molecule has 2 N–H and O–H groups in total. The van der Waals surface area contributed by atoms with Gasteiger partial charge in [0.15, 0.2) is 0 Å². The van der Waals surface area contributed by atoms with Gasteiger partial charge in [-0.1, -0.05) is 45.6 Å². The Hall–Kier alpha value is -2.15. The van der Waals surface area contributed by atoms with Crippen LogP contribution in [0.4, 0.5) is 5.69 Å². The van der Waals surface area contributed by atoms with Crippen molar-refractivity contribution in [3.8, 4) is 0 Å². The Labute approximate surface area is 156 Å². The Morgan fingerprint density at radius 3 is 2.04 bits per heavy atom. The fourth-order valence-corrected chi connectivity index (χ4v) is 3.22. The zero-order chi connectivity index (χ0) is 20.0. The van der Waals surface area contributed by atoms with Crippen LogP contribution in [0.3, 0.4) is 0 Å². The summed E-state index contributed by atoms with van der Waals surface area (Å²) in [4.78, 5) is 34.5. The summed E-state index contributed by atoms with van der Waals surface area (Å²) >= 11 is 0. The van der Waals surface area contributed by atoms with Gasteiger partial charge in [-0.2, -0.15) is 0 Å². The van der Waals surface area contributed by atoms with Crippen LogP contribution in [-0.2, 0) is 24.2 Å². The molecular weight excluding hydrogens is 348 g/mol. The van der Waals surface area contributed by atoms with Gasteiger partial charge < -0.3 is 15.4 Å². The van der Waals surface area contributed by atoms with Gasteiger partial charge in [-0.15, -0.1) is 0 Å². The molecule has 1 rings (SSSR count). The van der Waals surface area contributed by atoms with E-state index in [1.165, 1.54) is 12.7 Å². The predicted molar refractivity (Wildman–Crippen MR) is 106 cm³/mol. The quantitative estimate of drug-likeness (QED) is 0.538. The summed E-state index contributed by atoms with van der Waals surface area (Å²) < 4.78 is 4.43. The van der Waals surface area contributed by atoms with Gasteiger partial charge >= 0.3 is 5.97 Å².